The topological polar surface area (TPSA) is 53.7 Å². The number of nitrogen functional groups attached to an aromatic ring is 1. The van der Waals surface area contributed by atoms with Crippen LogP contribution >= 0.6 is 0 Å². The van der Waals surface area contributed by atoms with Crippen molar-refractivity contribution in [2.24, 2.45) is 0 Å². The average molecular weight is 377 g/mol. The lowest BCUT2D eigenvalue weighted by Gasteiger charge is -2.32. The van der Waals surface area contributed by atoms with Gasteiger partial charge >= 0.3 is 7.12 Å². The van der Waals surface area contributed by atoms with Crippen LogP contribution in [0.5, 0.6) is 11.5 Å². The molecule has 0 aliphatic carbocycles. The molecule has 0 unspecified atom stereocenters. The highest BCUT2D eigenvalue weighted by Gasteiger charge is 2.52. The highest BCUT2D eigenvalue weighted by Crippen LogP contribution is 2.37. The minimum Gasteiger partial charge on any atom is -0.455 e. The van der Waals surface area contributed by atoms with Crippen molar-refractivity contribution in [3.63, 3.8) is 0 Å². The summed E-state index contributed by atoms with van der Waals surface area (Å²) in [5.41, 5.74) is 5.84. The van der Waals surface area contributed by atoms with Gasteiger partial charge in [-0.2, -0.15) is 0 Å². The predicted octanol–water partition coefficient (Wildman–Crippen LogP) is 4.66. The van der Waals surface area contributed by atoms with Crippen LogP contribution in [0.2, 0.25) is 0 Å². The molecule has 0 amide bonds. The molecule has 1 heterocycles. The highest BCUT2D eigenvalue weighted by atomic mass is 19.1. The first-order valence-electron chi connectivity index (χ1n) is 8.97. The first-order chi connectivity index (χ1) is 12.6. The van der Waals surface area contributed by atoms with E-state index in [9.17, 15) is 8.78 Å². The molecule has 0 bridgehead atoms. The van der Waals surface area contributed by atoms with Crippen molar-refractivity contribution in [1.29, 1.82) is 0 Å². The molecule has 1 saturated heterocycles. The molecule has 1 aliphatic heterocycles. The van der Waals surface area contributed by atoms with E-state index in [1.54, 1.807) is 18.2 Å². The van der Waals surface area contributed by atoms with E-state index >= 15 is 0 Å². The normalized spacial score (nSPS) is 17.3. The molecule has 0 atom stereocenters. The van der Waals surface area contributed by atoms with E-state index in [1.165, 1.54) is 6.07 Å². The summed E-state index contributed by atoms with van der Waals surface area (Å²) >= 11 is 0. The zero-order valence-corrected chi connectivity index (χ0v) is 16.6. The monoisotopic (exact) mass is 377 g/mol. The molecule has 0 spiro atoms. The largest absolute Gasteiger partial charge is 0.498 e. The Bertz CT molecular complexity index is 796. The standard InChI is InChI=1S/C18H20BF2NO3.C2H6/c1-17(2)18(3,4)25-19(24-17)13-10-12(22)6-8-15(13)23-16-7-5-11(20)9-14(16)21;1-2/h5-10H,22H2,1-4H3;1-2H3. The number of hydrogen-bond donors (Lipinski definition) is 1. The van der Waals surface area contributed by atoms with Crippen LogP contribution in [-0.2, 0) is 9.31 Å². The van der Waals surface area contributed by atoms with Gasteiger partial charge in [0.2, 0.25) is 0 Å². The van der Waals surface area contributed by atoms with Crippen molar-refractivity contribution in [2.75, 3.05) is 5.73 Å². The zero-order chi connectivity index (χ0) is 20.4. The van der Waals surface area contributed by atoms with Gasteiger partial charge in [0.15, 0.2) is 11.6 Å². The summed E-state index contributed by atoms with van der Waals surface area (Å²) in [7, 11) is -0.716. The number of rotatable bonds is 3. The van der Waals surface area contributed by atoms with Gasteiger partial charge in [-0.25, -0.2) is 8.78 Å². The Morgan fingerprint density at radius 1 is 0.889 bits per heavy atom. The molecule has 4 nitrogen and oxygen atoms in total. The molecule has 146 valence electrons. The third-order valence-electron chi connectivity index (χ3n) is 4.65. The van der Waals surface area contributed by atoms with E-state index in [1.807, 2.05) is 41.5 Å². The van der Waals surface area contributed by atoms with Gasteiger partial charge < -0.3 is 19.8 Å². The van der Waals surface area contributed by atoms with Crippen molar-refractivity contribution < 1.29 is 22.8 Å². The van der Waals surface area contributed by atoms with Crippen LogP contribution in [0.25, 0.3) is 0 Å². The maximum absolute atomic E-state index is 13.9. The molecule has 0 radical (unpaired) electrons. The quantitative estimate of drug-likeness (QED) is 0.624. The van der Waals surface area contributed by atoms with Crippen LogP contribution in [0.1, 0.15) is 41.5 Å². The Morgan fingerprint density at radius 3 is 2.00 bits per heavy atom. The molecule has 7 heteroatoms. The summed E-state index contributed by atoms with van der Waals surface area (Å²) in [4.78, 5) is 0. The van der Waals surface area contributed by atoms with E-state index in [-0.39, 0.29) is 5.75 Å². The lowest BCUT2D eigenvalue weighted by molar-refractivity contribution is 0.00578. The van der Waals surface area contributed by atoms with Crippen LogP contribution in [0.4, 0.5) is 14.5 Å². The maximum Gasteiger partial charge on any atom is 0.498 e. The van der Waals surface area contributed by atoms with Crippen LogP contribution in [0, 0.1) is 11.6 Å². The van der Waals surface area contributed by atoms with Crippen LogP contribution < -0.4 is 15.9 Å². The summed E-state index contributed by atoms with van der Waals surface area (Å²) in [5.74, 6) is -1.23. The molecule has 2 aromatic carbocycles. The maximum atomic E-state index is 13.9. The summed E-state index contributed by atoms with van der Waals surface area (Å²) in [6.45, 7) is 11.7. The molecule has 1 aliphatic rings. The molecular weight excluding hydrogens is 351 g/mol. The lowest BCUT2D eigenvalue weighted by Crippen LogP contribution is -2.41. The van der Waals surface area contributed by atoms with Crippen LogP contribution in [0.15, 0.2) is 36.4 Å². The Balaban J connectivity index is 0.00000126. The van der Waals surface area contributed by atoms with Gasteiger partial charge in [-0.15, -0.1) is 0 Å². The molecule has 0 saturated carbocycles. The number of nitrogens with two attached hydrogens (primary N) is 1. The molecule has 27 heavy (non-hydrogen) atoms. The summed E-state index contributed by atoms with van der Waals surface area (Å²) in [6, 6.07) is 8.03. The third kappa shape index (κ3) is 4.42. The van der Waals surface area contributed by atoms with Crippen molar-refractivity contribution >= 4 is 18.3 Å². The highest BCUT2D eigenvalue weighted by molar-refractivity contribution is 6.63. The Labute approximate surface area is 159 Å². The van der Waals surface area contributed by atoms with Gasteiger partial charge in [0.25, 0.3) is 0 Å². The summed E-state index contributed by atoms with van der Waals surface area (Å²) < 4.78 is 44.7. The summed E-state index contributed by atoms with van der Waals surface area (Å²) in [5, 5.41) is 0. The lowest BCUT2D eigenvalue weighted by atomic mass is 9.78. The van der Waals surface area contributed by atoms with Crippen molar-refractivity contribution in [1.82, 2.24) is 0 Å². The van der Waals surface area contributed by atoms with E-state index in [0.29, 0.717) is 16.9 Å². The molecule has 0 aromatic heterocycles. The second kappa shape index (κ2) is 7.86. The van der Waals surface area contributed by atoms with E-state index in [0.717, 1.165) is 12.1 Å². The average Bonchev–Trinajstić information content (AvgIpc) is 2.81. The fraction of sp³-hybridized carbons (Fsp3) is 0.400. The summed E-state index contributed by atoms with van der Waals surface area (Å²) in [6.07, 6.45) is 0. The number of anilines is 1. The SMILES string of the molecule is CC.CC1(C)OB(c2cc(N)ccc2Oc2ccc(F)cc2F)OC1(C)C. The number of benzene rings is 2. The van der Waals surface area contributed by atoms with Crippen LogP contribution in [-0.4, -0.2) is 18.3 Å². The van der Waals surface area contributed by atoms with Crippen LogP contribution in [0.3, 0.4) is 0 Å². The smallest absolute Gasteiger partial charge is 0.455 e. The van der Waals surface area contributed by atoms with Gasteiger partial charge in [-0.05, 0) is 58.0 Å². The minimum absolute atomic E-state index is 0.0936. The van der Waals surface area contributed by atoms with Crippen molar-refractivity contribution in [2.45, 2.75) is 52.7 Å². The Hall–Kier alpha value is -2.12. The van der Waals surface area contributed by atoms with E-state index in [4.69, 9.17) is 19.8 Å². The zero-order valence-electron chi connectivity index (χ0n) is 16.6. The van der Waals surface area contributed by atoms with Crippen molar-refractivity contribution in [3.05, 3.63) is 48.0 Å². The number of ether oxygens (including phenoxy) is 1. The van der Waals surface area contributed by atoms with Gasteiger partial charge in [0.05, 0.1) is 11.2 Å². The van der Waals surface area contributed by atoms with Crippen molar-refractivity contribution in [3.8, 4) is 11.5 Å². The van der Waals surface area contributed by atoms with Gasteiger partial charge in [0.1, 0.15) is 11.6 Å². The second-order valence-electron chi connectivity index (χ2n) is 7.06. The van der Waals surface area contributed by atoms with Gasteiger partial charge in [-0.3, -0.25) is 0 Å². The molecule has 2 N–H and O–H groups in total. The first kappa shape index (κ1) is 21.2. The van der Waals surface area contributed by atoms with Gasteiger partial charge in [0, 0.05) is 17.2 Å². The Morgan fingerprint density at radius 2 is 1.44 bits per heavy atom. The second-order valence-corrected chi connectivity index (χ2v) is 7.06. The fourth-order valence-electron chi connectivity index (χ4n) is 2.49. The predicted molar refractivity (Wildman–Crippen MR) is 104 cm³/mol. The van der Waals surface area contributed by atoms with E-state index in [2.05, 4.69) is 0 Å². The molecule has 3 rings (SSSR count). The molecule has 2 aromatic rings. The minimum atomic E-state index is -0.795. The van der Waals surface area contributed by atoms with Gasteiger partial charge in [-0.1, -0.05) is 13.8 Å². The van der Waals surface area contributed by atoms with E-state index < -0.39 is 30.0 Å². The molecular formula is C20H26BF2NO3. The molecule has 1 fully saturated rings. The Kier molecular flexibility index (Phi) is 6.17. The number of hydrogen-bond acceptors (Lipinski definition) is 4. The first-order valence-corrected chi connectivity index (χ1v) is 8.97. The fourth-order valence-corrected chi connectivity index (χ4v) is 2.49. The number of halogens is 2. The third-order valence-corrected chi connectivity index (χ3v) is 4.65.